The van der Waals surface area contributed by atoms with E-state index in [0.717, 1.165) is 11.3 Å². The highest BCUT2D eigenvalue weighted by Gasteiger charge is 2.11. The first-order valence-electron chi connectivity index (χ1n) is 8.29. The Hall–Kier alpha value is -4.07. The first-order chi connectivity index (χ1) is 13.4. The van der Waals surface area contributed by atoms with Crippen LogP contribution < -0.4 is 4.74 Å². The van der Waals surface area contributed by atoms with Crippen LogP contribution in [-0.4, -0.2) is 34.8 Å². The zero-order chi connectivity index (χ0) is 18.1. The lowest BCUT2D eigenvalue weighted by Gasteiger charge is -2.07. The van der Waals surface area contributed by atoms with Gasteiger partial charge < -0.3 is 4.74 Å². The van der Waals surface area contributed by atoms with Gasteiger partial charge in [-0.25, -0.2) is 4.68 Å². The summed E-state index contributed by atoms with van der Waals surface area (Å²) < 4.78 is 9.27. The molecule has 0 bridgehead atoms. The molecule has 130 valence electrons. The fourth-order valence-corrected chi connectivity index (χ4v) is 2.75. The molecule has 2 aromatic carbocycles. The third-order valence-corrected chi connectivity index (χ3v) is 4.00. The van der Waals surface area contributed by atoms with Gasteiger partial charge in [0.1, 0.15) is 5.75 Å². The molecule has 3 aromatic heterocycles. The van der Waals surface area contributed by atoms with Crippen molar-refractivity contribution in [2.45, 2.75) is 0 Å². The molecule has 0 aliphatic rings. The fourth-order valence-electron chi connectivity index (χ4n) is 2.75. The summed E-state index contributed by atoms with van der Waals surface area (Å²) in [5.74, 6) is 1.74. The minimum Gasteiger partial charge on any atom is -0.438 e. The summed E-state index contributed by atoms with van der Waals surface area (Å²) in [6, 6.07) is 20.9. The predicted molar refractivity (Wildman–Crippen MR) is 97.7 cm³/mol. The van der Waals surface area contributed by atoms with Crippen molar-refractivity contribution < 1.29 is 4.74 Å². The summed E-state index contributed by atoms with van der Waals surface area (Å²) >= 11 is 0. The second-order valence-corrected chi connectivity index (χ2v) is 5.78. The van der Waals surface area contributed by atoms with Gasteiger partial charge in [-0.3, -0.25) is 0 Å². The van der Waals surface area contributed by atoms with Crippen molar-refractivity contribution in [2.75, 3.05) is 0 Å². The van der Waals surface area contributed by atoms with E-state index in [2.05, 4.69) is 25.6 Å². The maximum Gasteiger partial charge on any atom is 0.237 e. The number of nitrogens with zero attached hydrogens (tertiary/aromatic N) is 7. The van der Waals surface area contributed by atoms with Crippen LogP contribution in [0.1, 0.15) is 0 Å². The molecule has 5 rings (SSSR count). The highest BCUT2D eigenvalue weighted by atomic mass is 16.5. The van der Waals surface area contributed by atoms with E-state index >= 15 is 0 Å². The molecule has 0 aliphatic carbocycles. The standard InChI is InChI=1S/C19H13N7O/c1-2-5-14(6-3-1)19-22-21-17-9-10-18(23-26(17)19)27-16-8-4-7-15(13-16)25-12-11-20-24-25/h1-13H. The largest absolute Gasteiger partial charge is 0.438 e. The Bertz CT molecular complexity index is 1200. The molecule has 0 aliphatic heterocycles. The van der Waals surface area contributed by atoms with Gasteiger partial charge in [0.2, 0.25) is 5.88 Å². The summed E-state index contributed by atoms with van der Waals surface area (Å²) in [5, 5.41) is 20.7. The molecular weight excluding hydrogens is 342 g/mol. The van der Waals surface area contributed by atoms with Crippen LogP contribution >= 0.6 is 0 Å². The summed E-state index contributed by atoms with van der Waals surface area (Å²) in [4.78, 5) is 0. The van der Waals surface area contributed by atoms with Crippen LogP contribution in [-0.2, 0) is 0 Å². The number of aromatic nitrogens is 7. The van der Waals surface area contributed by atoms with E-state index in [1.54, 1.807) is 27.7 Å². The van der Waals surface area contributed by atoms with Crippen LogP contribution in [0.25, 0.3) is 22.7 Å². The lowest BCUT2D eigenvalue weighted by Crippen LogP contribution is -1.99. The van der Waals surface area contributed by atoms with Crippen LogP contribution in [0.5, 0.6) is 11.6 Å². The number of ether oxygens (including phenoxy) is 1. The summed E-state index contributed by atoms with van der Waals surface area (Å²) in [6.45, 7) is 0. The van der Waals surface area contributed by atoms with E-state index in [4.69, 9.17) is 4.74 Å². The third kappa shape index (κ3) is 2.89. The molecule has 27 heavy (non-hydrogen) atoms. The van der Waals surface area contributed by atoms with Crippen molar-refractivity contribution in [3.8, 4) is 28.7 Å². The van der Waals surface area contributed by atoms with Crippen molar-refractivity contribution in [3.05, 3.63) is 79.1 Å². The molecule has 0 radical (unpaired) electrons. The molecule has 3 heterocycles. The quantitative estimate of drug-likeness (QED) is 0.492. The van der Waals surface area contributed by atoms with Crippen molar-refractivity contribution in [1.82, 2.24) is 34.8 Å². The number of benzene rings is 2. The molecule has 0 fully saturated rings. The van der Waals surface area contributed by atoms with Crippen LogP contribution in [0.3, 0.4) is 0 Å². The smallest absolute Gasteiger partial charge is 0.237 e. The average Bonchev–Trinajstić information content (AvgIpc) is 3.39. The van der Waals surface area contributed by atoms with E-state index < -0.39 is 0 Å². The zero-order valence-corrected chi connectivity index (χ0v) is 14.0. The second-order valence-electron chi connectivity index (χ2n) is 5.78. The molecule has 8 heteroatoms. The molecule has 0 N–H and O–H groups in total. The normalized spacial score (nSPS) is 11.0. The van der Waals surface area contributed by atoms with Gasteiger partial charge in [-0.05, 0) is 18.2 Å². The Balaban J connectivity index is 1.50. The van der Waals surface area contributed by atoms with E-state index in [0.29, 0.717) is 23.1 Å². The molecule has 0 saturated heterocycles. The van der Waals surface area contributed by atoms with Gasteiger partial charge in [-0.15, -0.1) is 20.4 Å². The topological polar surface area (TPSA) is 83.0 Å². The Kier molecular flexibility index (Phi) is 3.57. The van der Waals surface area contributed by atoms with Gasteiger partial charge in [0, 0.05) is 17.7 Å². The molecule has 0 atom stereocenters. The van der Waals surface area contributed by atoms with Gasteiger partial charge in [0.05, 0.1) is 18.1 Å². The Morgan fingerprint density at radius 2 is 1.78 bits per heavy atom. The van der Waals surface area contributed by atoms with E-state index in [-0.39, 0.29) is 0 Å². The van der Waals surface area contributed by atoms with Gasteiger partial charge in [0.25, 0.3) is 0 Å². The molecule has 0 unspecified atom stereocenters. The Morgan fingerprint density at radius 3 is 2.63 bits per heavy atom. The minimum atomic E-state index is 0.440. The van der Waals surface area contributed by atoms with E-state index in [9.17, 15) is 0 Å². The molecule has 8 nitrogen and oxygen atoms in total. The van der Waals surface area contributed by atoms with Crippen LogP contribution in [0.2, 0.25) is 0 Å². The Labute approximate surface area is 153 Å². The van der Waals surface area contributed by atoms with Crippen molar-refractivity contribution in [1.29, 1.82) is 0 Å². The van der Waals surface area contributed by atoms with Crippen LogP contribution in [0, 0.1) is 0 Å². The number of hydrogen-bond donors (Lipinski definition) is 0. The molecular formula is C19H13N7O. The lowest BCUT2D eigenvalue weighted by molar-refractivity contribution is 0.452. The average molecular weight is 355 g/mol. The number of fused-ring (bicyclic) bond motifs is 1. The van der Waals surface area contributed by atoms with Crippen LogP contribution in [0.15, 0.2) is 79.1 Å². The zero-order valence-electron chi connectivity index (χ0n) is 14.0. The highest BCUT2D eigenvalue weighted by Crippen LogP contribution is 2.23. The first-order valence-corrected chi connectivity index (χ1v) is 8.29. The number of hydrogen-bond acceptors (Lipinski definition) is 6. The van der Waals surface area contributed by atoms with Crippen LogP contribution in [0.4, 0.5) is 0 Å². The first kappa shape index (κ1) is 15.2. The lowest BCUT2D eigenvalue weighted by atomic mass is 10.2. The van der Waals surface area contributed by atoms with E-state index in [1.807, 2.05) is 60.7 Å². The molecule has 5 aromatic rings. The fraction of sp³-hybridized carbons (Fsp3) is 0. The van der Waals surface area contributed by atoms with Gasteiger partial charge in [-0.2, -0.15) is 4.52 Å². The second kappa shape index (κ2) is 6.34. The summed E-state index contributed by atoms with van der Waals surface area (Å²) in [7, 11) is 0. The van der Waals surface area contributed by atoms with Crippen molar-refractivity contribution >= 4 is 5.65 Å². The SMILES string of the molecule is c1ccc(-c2nnc3ccc(Oc4cccc(-n5ccnn5)c4)nn23)cc1. The maximum absolute atomic E-state index is 5.94. The number of rotatable bonds is 4. The minimum absolute atomic E-state index is 0.440. The summed E-state index contributed by atoms with van der Waals surface area (Å²) in [5.41, 5.74) is 2.43. The Morgan fingerprint density at radius 1 is 0.852 bits per heavy atom. The molecule has 0 saturated carbocycles. The van der Waals surface area contributed by atoms with E-state index in [1.165, 1.54) is 0 Å². The third-order valence-electron chi connectivity index (χ3n) is 4.00. The van der Waals surface area contributed by atoms with Gasteiger partial charge >= 0.3 is 0 Å². The van der Waals surface area contributed by atoms with Gasteiger partial charge in [0.15, 0.2) is 11.5 Å². The highest BCUT2D eigenvalue weighted by molar-refractivity contribution is 5.58. The van der Waals surface area contributed by atoms with Gasteiger partial charge in [-0.1, -0.05) is 41.6 Å². The monoisotopic (exact) mass is 355 g/mol. The predicted octanol–water partition coefficient (Wildman–Crippen LogP) is 3.16. The molecule has 0 amide bonds. The molecule has 0 spiro atoms. The van der Waals surface area contributed by atoms with Crippen molar-refractivity contribution in [2.24, 2.45) is 0 Å². The maximum atomic E-state index is 5.94. The van der Waals surface area contributed by atoms with Crippen molar-refractivity contribution in [3.63, 3.8) is 0 Å². The summed E-state index contributed by atoms with van der Waals surface area (Å²) in [6.07, 6.45) is 3.40.